The molecule has 0 amide bonds. The summed E-state index contributed by atoms with van der Waals surface area (Å²) in [6, 6.07) is 8.32. The first-order valence-electron chi connectivity index (χ1n) is 10.5. The van der Waals surface area contributed by atoms with Crippen molar-refractivity contribution in [2.24, 2.45) is 4.99 Å². The summed E-state index contributed by atoms with van der Waals surface area (Å²) in [5.41, 5.74) is 4.43. The SMILES string of the molecule is CCN1CNC2=C1NC(n1cc3c(n1)OCc1ccccc1-3)N=C2N1CCOCC1. The number of benzene rings is 1. The van der Waals surface area contributed by atoms with Crippen LogP contribution in [-0.4, -0.2) is 64.9 Å². The van der Waals surface area contributed by atoms with Gasteiger partial charge in [0.15, 0.2) is 5.84 Å². The van der Waals surface area contributed by atoms with E-state index in [1.54, 1.807) is 0 Å². The van der Waals surface area contributed by atoms with E-state index in [1.807, 2.05) is 16.9 Å². The first-order chi connectivity index (χ1) is 14.8. The molecule has 0 aliphatic carbocycles. The topological polar surface area (TPSA) is 79.2 Å². The Morgan fingerprint density at radius 2 is 2.03 bits per heavy atom. The molecule has 1 unspecified atom stereocenters. The van der Waals surface area contributed by atoms with Crippen molar-refractivity contribution >= 4 is 5.84 Å². The lowest BCUT2D eigenvalue weighted by Gasteiger charge is -2.34. The van der Waals surface area contributed by atoms with E-state index in [0.29, 0.717) is 12.5 Å². The number of rotatable bonds is 2. The maximum atomic E-state index is 5.92. The van der Waals surface area contributed by atoms with Gasteiger partial charge in [-0.3, -0.25) is 0 Å². The van der Waals surface area contributed by atoms with Gasteiger partial charge in [-0.2, -0.15) is 0 Å². The minimum Gasteiger partial charge on any atom is -0.471 e. The summed E-state index contributed by atoms with van der Waals surface area (Å²) < 4.78 is 13.4. The molecule has 5 heterocycles. The highest BCUT2D eigenvalue weighted by molar-refractivity contribution is 5.99. The van der Waals surface area contributed by atoms with Crippen molar-refractivity contribution in [2.45, 2.75) is 19.8 Å². The lowest BCUT2D eigenvalue weighted by atomic mass is 10.0. The van der Waals surface area contributed by atoms with E-state index in [0.717, 1.165) is 62.4 Å². The van der Waals surface area contributed by atoms with E-state index in [-0.39, 0.29) is 6.29 Å². The highest BCUT2D eigenvalue weighted by Crippen LogP contribution is 2.37. The minimum atomic E-state index is -0.336. The van der Waals surface area contributed by atoms with Gasteiger partial charge in [0, 0.05) is 25.8 Å². The molecule has 0 spiro atoms. The molecule has 0 saturated carbocycles. The smallest absolute Gasteiger partial charge is 0.241 e. The number of ether oxygens (including phenoxy) is 2. The molecule has 30 heavy (non-hydrogen) atoms. The third-order valence-electron chi connectivity index (χ3n) is 6.05. The number of hydrogen-bond donors (Lipinski definition) is 2. The van der Waals surface area contributed by atoms with Crippen molar-refractivity contribution in [3.63, 3.8) is 0 Å². The quantitative estimate of drug-likeness (QED) is 0.777. The molecule has 1 atom stereocenters. The fraction of sp³-hybridized carbons (Fsp3) is 0.429. The van der Waals surface area contributed by atoms with Gasteiger partial charge in [0.05, 0.1) is 25.4 Å². The van der Waals surface area contributed by atoms with Gasteiger partial charge in [-0.25, -0.2) is 9.67 Å². The van der Waals surface area contributed by atoms with Crippen LogP contribution in [0.15, 0.2) is 47.0 Å². The van der Waals surface area contributed by atoms with Crippen molar-refractivity contribution in [3.8, 4) is 17.0 Å². The molecular weight excluding hydrogens is 382 g/mol. The fourth-order valence-electron chi connectivity index (χ4n) is 4.44. The van der Waals surface area contributed by atoms with Gasteiger partial charge in [-0.05, 0) is 18.1 Å². The monoisotopic (exact) mass is 407 g/mol. The summed E-state index contributed by atoms with van der Waals surface area (Å²) >= 11 is 0. The Morgan fingerprint density at radius 1 is 1.17 bits per heavy atom. The van der Waals surface area contributed by atoms with Crippen LogP contribution < -0.4 is 15.4 Å². The van der Waals surface area contributed by atoms with Crippen molar-refractivity contribution in [1.29, 1.82) is 0 Å². The van der Waals surface area contributed by atoms with Gasteiger partial charge >= 0.3 is 0 Å². The Balaban J connectivity index is 1.39. The first-order valence-corrected chi connectivity index (χ1v) is 10.5. The molecule has 4 aliphatic heterocycles. The van der Waals surface area contributed by atoms with Gasteiger partial charge in [-0.1, -0.05) is 24.3 Å². The second-order valence-electron chi connectivity index (χ2n) is 7.76. The molecule has 0 bridgehead atoms. The van der Waals surface area contributed by atoms with Crippen LogP contribution in [-0.2, 0) is 11.3 Å². The maximum Gasteiger partial charge on any atom is 0.241 e. The summed E-state index contributed by atoms with van der Waals surface area (Å²) in [6.07, 6.45) is 1.70. The van der Waals surface area contributed by atoms with Crippen LogP contribution in [0.3, 0.4) is 0 Å². The number of nitrogens with one attached hydrogen (secondary N) is 2. The molecule has 2 N–H and O–H groups in total. The lowest BCUT2D eigenvalue weighted by Crippen LogP contribution is -2.47. The molecule has 9 nitrogen and oxygen atoms in total. The van der Waals surface area contributed by atoms with Gasteiger partial charge in [0.2, 0.25) is 12.2 Å². The molecule has 0 radical (unpaired) electrons. The number of nitrogens with zero attached hydrogens (tertiary/aromatic N) is 5. The van der Waals surface area contributed by atoms with E-state index in [9.17, 15) is 0 Å². The Kier molecular flexibility index (Phi) is 4.08. The second kappa shape index (κ2) is 6.94. The molecule has 9 heteroatoms. The summed E-state index contributed by atoms with van der Waals surface area (Å²) in [6.45, 7) is 7.50. The number of aliphatic imine (C=N–C) groups is 1. The number of morpholine rings is 1. The van der Waals surface area contributed by atoms with E-state index in [2.05, 4.69) is 45.6 Å². The van der Waals surface area contributed by atoms with Crippen LogP contribution in [0.5, 0.6) is 5.88 Å². The van der Waals surface area contributed by atoms with Crippen molar-refractivity contribution in [1.82, 2.24) is 30.2 Å². The highest BCUT2D eigenvalue weighted by atomic mass is 16.5. The van der Waals surface area contributed by atoms with Crippen LogP contribution >= 0.6 is 0 Å². The number of aromatic nitrogens is 2. The Labute approximate surface area is 175 Å². The average Bonchev–Trinajstić information content (AvgIpc) is 3.43. The van der Waals surface area contributed by atoms with Crippen LogP contribution in [0.4, 0.5) is 0 Å². The van der Waals surface area contributed by atoms with Crippen LogP contribution in [0, 0.1) is 0 Å². The number of amidine groups is 1. The minimum absolute atomic E-state index is 0.336. The molecular formula is C21H25N7O2. The fourth-order valence-corrected chi connectivity index (χ4v) is 4.44. The van der Waals surface area contributed by atoms with Gasteiger partial charge in [-0.15, -0.1) is 5.10 Å². The largest absolute Gasteiger partial charge is 0.471 e. The Hall–Kier alpha value is -3.20. The summed E-state index contributed by atoms with van der Waals surface area (Å²) in [5, 5.41) is 11.8. The zero-order valence-electron chi connectivity index (χ0n) is 17.0. The Morgan fingerprint density at radius 3 is 2.90 bits per heavy atom. The van der Waals surface area contributed by atoms with Crippen molar-refractivity contribution < 1.29 is 9.47 Å². The summed E-state index contributed by atoms with van der Waals surface area (Å²) in [7, 11) is 0. The predicted octanol–water partition coefficient (Wildman–Crippen LogP) is 1.28. The molecule has 2 aromatic rings. The van der Waals surface area contributed by atoms with Crippen LogP contribution in [0.1, 0.15) is 18.8 Å². The van der Waals surface area contributed by atoms with Gasteiger partial charge in [0.25, 0.3) is 0 Å². The van der Waals surface area contributed by atoms with Crippen molar-refractivity contribution in [3.05, 3.63) is 47.5 Å². The second-order valence-corrected chi connectivity index (χ2v) is 7.76. The molecule has 1 aromatic carbocycles. The number of hydrogen-bond acceptors (Lipinski definition) is 8. The zero-order chi connectivity index (χ0) is 20.1. The normalized spacial score (nSPS) is 22.4. The first kappa shape index (κ1) is 17.6. The standard InChI is InChI=1S/C21H25N7O2/c1-2-26-13-22-17-18(26)23-21(24-19(17)27-7-9-29-10-8-27)28-11-16-15-6-4-3-5-14(15)12-30-20(16)25-28/h3-6,11,21-23H,2,7-10,12-13H2,1H3. The molecule has 156 valence electrons. The predicted molar refractivity (Wildman–Crippen MR) is 111 cm³/mol. The third-order valence-corrected chi connectivity index (χ3v) is 6.05. The molecule has 1 fully saturated rings. The van der Waals surface area contributed by atoms with E-state index in [4.69, 9.17) is 19.6 Å². The zero-order valence-corrected chi connectivity index (χ0v) is 17.0. The summed E-state index contributed by atoms with van der Waals surface area (Å²) in [5.74, 6) is 2.71. The van der Waals surface area contributed by atoms with Crippen molar-refractivity contribution in [2.75, 3.05) is 39.5 Å². The van der Waals surface area contributed by atoms with Gasteiger partial charge < -0.3 is 29.9 Å². The Bertz CT molecular complexity index is 1040. The van der Waals surface area contributed by atoms with E-state index < -0.39 is 0 Å². The number of fused-ring (bicyclic) bond motifs is 3. The molecule has 4 aliphatic rings. The van der Waals surface area contributed by atoms with Gasteiger partial charge in [0.1, 0.15) is 18.1 Å². The average molecular weight is 407 g/mol. The highest BCUT2D eigenvalue weighted by Gasteiger charge is 2.35. The van der Waals surface area contributed by atoms with Crippen LogP contribution in [0.25, 0.3) is 11.1 Å². The van der Waals surface area contributed by atoms with E-state index >= 15 is 0 Å². The lowest BCUT2D eigenvalue weighted by molar-refractivity contribution is 0.0674. The van der Waals surface area contributed by atoms with Crippen LogP contribution in [0.2, 0.25) is 0 Å². The van der Waals surface area contributed by atoms with E-state index in [1.165, 1.54) is 11.1 Å². The maximum absolute atomic E-state index is 5.92. The molecule has 6 rings (SSSR count). The summed E-state index contributed by atoms with van der Waals surface area (Å²) in [4.78, 5) is 9.64. The molecule has 1 aromatic heterocycles. The third kappa shape index (κ3) is 2.72. The molecule has 1 saturated heterocycles.